The van der Waals surface area contributed by atoms with Crippen molar-refractivity contribution in [1.82, 2.24) is 4.98 Å². The Kier molecular flexibility index (Phi) is 1.86. The maximum Gasteiger partial charge on any atom is 0.414 e. The van der Waals surface area contributed by atoms with Crippen molar-refractivity contribution in [2.75, 3.05) is 11.6 Å². The number of aromatic nitrogens is 1. The molecule has 0 aliphatic carbocycles. The summed E-state index contributed by atoms with van der Waals surface area (Å²) in [4.78, 5) is 15.8. The van der Waals surface area contributed by atoms with Gasteiger partial charge in [-0.15, -0.1) is 0 Å². The number of nitrogens with zero attached hydrogens (tertiary/aromatic N) is 2. The van der Waals surface area contributed by atoms with E-state index < -0.39 is 6.09 Å². The van der Waals surface area contributed by atoms with E-state index in [1.807, 2.05) is 0 Å². The molecule has 1 aromatic rings. The number of anilines is 1. The third kappa shape index (κ3) is 1.33. The van der Waals surface area contributed by atoms with Crippen molar-refractivity contribution in [3.8, 4) is 0 Å². The minimum atomic E-state index is -1.04. The van der Waals surface area contributed by atoms with Gasteiger partial charge in [-0.25, -0.2) is 14.7 Å². The van der Waals surface area contributed by atoms with E-state index in [0.717, 1.165) is 10.5 Å². The van der Waals surface area contributed by atoms with E-state index in [4.69, 9.17) is 9.84 Å². The van der Waals surface area contributed by atoms with E-state index in [0.29, 0.717) is 12.4 Å². The molecule has 0 saturated heterocycles. The van der Waals surface area contributed by atoms with Crippen molar-refractivity contribution in [2.45, 2.75) is 6.61 Å². The van der Waals surface area contributed by atoms with Crippen LogP contribution in [0.25, 0.3) is 0 Å². The molecular weight excluding hydrogens is 172 g/mol. The monoisotopic (exact) mass is 180 g/mol. The van der Waals surface area contributed by atoms with Gasteiger partial charge in [-0.3, -0.25) is 0 Å². The minimum Gasteiger partial charge on any atom is -0.465 e. The molecule has 5 heteroatoms. The Morgan fingerprint density at radius 3 is 3.31 bits per heavy atom. The lowest BCUT2D eigenvalue weighted by Gasteiger charge is -2.25. The first-order valence-corrected chi connectivity index (χ1v) is 3.81. The lowest BCUT2D eigenvalue weighted by molar-refractivity contribution is 0.104. The number of pyridine rings is 1. The van der Waals surface area contributed by atoms with Gasteiger partial charge in [0, 0.05) is 11.8 Å². The summed E-state index contributed by atoms with van der Waals surface area (Å²) in [5.74, 6) is 0.473. The van der Waals surface area contributed by atoms with Gasteiger partial charge in [-0.05, 0) is 6.07 Å². The zero-order valence-corrected chi connectivity index (χ0v) is 6.80. The maximum absolute atomic E-state index is 10.7. The van der Waals surface area contributed by atoms with Gasteiger partial charge in [0.15, 0.2) is 0 Å². The Morgan fingerprint density at radius 2 is 2.54 bits per heavy atom. The summed E-state index contributed by atoms with van der Waals surface area (Å²) in [6, 6.07) is 3.56. The van der Waals surface area contributed by atoms with Crippen LogP contribution in [0.4, 0.5) is 10.6 Å². The third-order valence-electron chi connectivity index (χ3n) is 1.83. The Balaban J connectivity index is 2.42. The second kappa shape index (κ2) is 3.02. The van der Waals surface area contributed by atoms with Crippen molar-refractivity contribution in [2.24, 2.45) is 0 Å². The van der Waals surface area contributed by atoms with E-state index in [1.165, 1.54) is 0 Å². The lowest BCUT2D eigenvalue weighted by atomic mass is 10.2. The van der Waals surface area contributed by atoms with E-state index in [9.17, 15) is 4.79 Å². The van der Waals surface area contributed by atoms with Gasteiger partial charge in [0.1, 0.15) is 12.5 Å². The first-order valence-electron chi connectivity index (χ1n) is 3.81. The summed E-state index contributed by atoms with van der Waals surface area (Å²) in [6.07, 6.45) is 0.528. The molecule has 5 nitrogen and oxygen atoms in total. The molecular formula is C8H8N2O3. The molecule has 1 aromatic heterocycles. The molecule has 0 radical (unpaired) electrons. The largest absolute Gasteiger partial charge is 0.465 e. The molecule has 2 heterocycles. The van der Waals surface area contributed by atoms with Gasteiger partial charge < -0.3 is 9.84 Å². The average Bonchev–Trinajstić information content (AvgIpc) is 2.17. The van der Waals surface area contributed by atoms with Crippen molar-refractivity contribution in [3.63, 3.8) is 0 Å². The molecule has 0 aromatic carbocycles. The fourth-order valence-corrected chi connectivity index (χ4v) is 1.24. The fraction of sp³-hybridized carbons (Fsp3) is 0.250. The highest BCUT2D eigenvalue weighted by atomic mass is 16.5. The number of hydrogen-bond acceptors (Lipinski definition) is 3. The van der Waals surface area contributed by atoms with Gasteiger partial charge in [-0.1, -0.05) is 6.07 Å². The van der Waals surface area contributed by atoms with Crippen LogP contribution in [-0.2, 0) is 11.3 Å². The highest BCUT2D eigenvalue weighted by Gasteiger charge is 2.22. The van der Waals surface area contributed by atoms with Crippen LogP contribution < -0.4 is 4.90 Å². The second-order valence-electron chi connectivity index (χ2n) is 2.67. The summed E-state index contributed by atoms with van der Waals surface area (Å²) >= 11 is 0. The van der Waals surface area contributed by atoms with E-state index >= 15 is 0 Å². The summed E-state index contributed by atoms with van der Waals surface area (Å²) in [5, 5.41) is 8.79. The van der Waals surface area contributed by atoms with Crippen LogP contribution in [0.3, 0.4) is 0 Å². The Labute approximate surface area is 74.6 Å². The van der Waals surface area contributed by atoms with E-state index in [-0.39, 0.29) is 6.73 Å². The molecule has 1 aliphatic heterocycles. The number of carbonyl (C=O) groups is 1. The molecule has 0 spiro atoms. The van der Waals surface area contributed by atoms with Gasteiger partial charge in [0.2, 0.25) is 0 Å². The van der Waals surface area contributed by atoms with Gasteiger partial charge in [-0.2, -0.15) is 0 Å². The summed E-state index contributed by atoms with van der Waals surface area (Å²) in [5.41, 5.74) is 0.802. The predicted octanol–water partition coefficient (Wildman–Crippen LogP) is 1.05. The number of ether oxygens (including phenoxy) is 1. The van der Waals surface area contributed by atoms with Crippen molar-refractivity contribution in [1.29, 1.82) is 0 Å². The molecule has 0 unspecified atom stereocenters. The van der Waals surface area contributed by atoms with E-state index in [1.54, 1.807) is 18.3 Å². The number of hydrogen-bond donors (Lipinski definition) is 1. The summed E-state index contributed by atoms with van der Waals surface area (Å²) in [6.45, 7) is 0.478. The SMILES string of the molecule is O=C(O)N1COCc2cccnc21. The lowest BCUT2D eigenvalue weighted by Crippen LogP contribution is -2.36. The molecule has 1 aliphatic rings. The highest BCUT2D eigenvalue weighted by molar-refractivity contribution is 5.85. The molecule has 1 N–H and O–H groups in total. The van der Waals surface area contributed by atoms with Crippen molar-refractivity contribution < 1.29 is 14.6 Å². The zero-order valence-electron chi connectivity index (χ0n) is 6.80. The first kappa shape index (κ1) is 8.00. The van der Waals surface area contributed by atoms with E-state index in [2.05, 4.69) is 4.98 Å². The Hall–Kier alpha value is -1.62. The van der Waals surface area contributed by atoms with Crippen LogP contribution in [0, 0.1) is 0 Å². The number of fused-ring (bicyclic) bond motifs is 1. The van der Waals surface area contributed by atoms with Crippen molar-refractivity contribution >= 4 is 11.9 Å². The number of carboxylic acid groups (broad SMARTS) is 1. The highest BCUT2D eigenvalue weighted by Crippen LogP contribution is 2.22. The normalized spacial score (nSPS) is 15.2. The Bertz CT molecular complexity index is 340. The average molecular weight is 180 g/mol. The van der Waals surface area contributed by atoms with Crippen molar-refractivity contribution in [3.05, 3.63) is 23.9 Å². The predicted molar refractivity (Wildman–Crippen MR) is 44.4 cm³/mol. The molecule has 1 amide bonds. The van der Waals surface area contributed by atoms with Crippen LogP contribution in [0.5, 0.6) is 0 Å². The molecule has 68 valence electrons. The standard InChI is InChI=1S/C8H8N2O3/c11-8(12)10-5-13-4-6-2-1-3-9-7(6)10/h1-3H,4-5H2,(H,11,12). The minimum absolute atomic E-state index is 0.0549. The van der Waals surface area contributed by atoms with Gasteiger partial charge in [0.25, 0.3) is 0 Å². The van der Waals surface area contributed by atoms with Crippen LogP contribution in [-0.4, -0.2) is 22.9 Å². The number of rotatable bonds is 0. The topological polar surface area (TPSA) is 62.7 Å². The molecule has 2 rings (SSSR count). The van der Waals surface area contributed by atoms with Gasteiger partial charge >= 0.3 is 6.09 Å². The van der Waals surface area contributed by atoms with Crippen LogP contribution in [0.1, 0.15) is 5.56 Å². The molecule has 0 fully saturated rings. The third-order valence-corrected chi connectivity index (χ3v) is 1.83. The smallest absolute Gasteiger partial charge is 0.414 e. The van der Waals surface area contributed by atoms with Crippen LogP contribution in [0.15, 0.2) is 18.3 Å². The number of amides is 1. The molecule has 13 heavy (non-hydrogen) atoms. The quantitative estimate of drug-likeness (QED) is 0.648. The Morgan fingerprint density at radius 1 is 1.69 bits per heavy atom. The first-order chi connectivity index (χ1) is 6.29. The van der Waals surface area contributed by atoms with Crippen LogP contribution in [0.2, 0.25) is 0 Å². The van der Waals surface area contributed by atoms with Gasteiger partial charge in [0.05, 0.1) is 6.61 Å². The molecule has 0 bridgehead atoms. The molecule has 0 atom stereocenters. The second-order valence-corrected chi connectivity index (χ2v) is 2.67. The zero-order chi connectivity index (χ0) is 9.26. The van der Waals surface area contributed by atoms with Crippen LogP contribution >= 0.6 is 0 Å². The molecule has 0 saturated carbocycles. The summed E-state index contributed by atoms with van der Waals surface area (Å²) < 4.78 is 5.07. The fourth-order valence-electron chi connectivity index (χ4n) is 1.24. The maximum atomic E-state index is 10.7. The summed E-state index contributed by atoms with van der Waals surface area (Å²) in [7, 11) is 0.